The summed E-state index contributed by atoms with van der Waals surface area (Å²) in [5.74, 6) is 0.0542. The predicted octanol–water partition coefficient (Wildman–Crippen LogP) is 2.08. The van der Waals surface area contributed by atoms with E-state index in [9.17, 15) is 4.79 Å². The second-order valence-electron chi connectivity index (χ2n) is 6.75. The van der Waals surface area contributed by atoms with Crippen LogP contribution in [-0.2, 0) is 11.2 Å². The molecule has 2 atom stereocenters. The minimum Gasteiger partial charge on any atom is -0.380 e. The molecule has 0 radical (unpaired) electrons. The molecule has 2 aliphatic rings. The van der Waals surface area contributed by atoms with Crippen LogP contribution in [0.4, 0.5) is 0 Å². The second-order valence-corrected chi connectivity index (χ2v) is 6.75. The van der Waals surface area contributed by atoms with Crippen LogP contribution in [0.3, 0.4) is 0 Å². The van der Waals surface area contributed by atoms with E-state index in [-0.39, 0.29) is 18.1 Å². The number of nitriles is 1. The summed E-state index contributed by atoms with van der Waals surface area (Å²) in [5, 5.41) is 8.86. The summed E-state index contributed by atoms with van der Waals surface area (Å²) in [7, 11) is 1.72. The average Bonchev–Trinajstić information content (AvgIpc) is 3.25. The summed E-state index contributed by atoms with van der Waals surface area (Å²) in [6, 6.07) is 9.79. The lowest BCUT2D eigenvalue weighted by Gasteiger charge is -2.28. The van der Waals surface area contributed by atoms with Crippen LogP contribution in [0.25, 0.3) is 0 Å². The molecule has 0 aliphatic carbocycles. The van der Waals surface area contributed by atoms with Crippen molar-refractivity contribution in [2.24, 2.45) is 0 Å². The van der Waals surface area contributed by atoms with E-state index in [0.29, 0.717) is 18.5 Å². The molecule has 1 aromatic rings. The van der Waals surface area contributed by atoms with E-state index in [0.717, 1.165) is 31.6 Å². The number of hydrogen-bond acceptors (Lipinski definition) is 4. The van der Waals surface area contributed by atoms with Crippen molar-refractivity contribution in [1.29, 1.82) is 5.26 Å². The van der Waals surface area contributed by atoms with Crippen molar-refractivity contribution in [3.05, 3.63) is 35.4 Å². The van der Waals surface area contributed by atoms with E-state index in [1.54, 1.807) is 7.11 Å². The van der Waals surface area contributed by atoms with E-state index in [2.05, 4.69) is 11.0 Å². The van der Waals surface area contributed by atoms with Crippen LogP contribution in [-0.4, -0.2) is 61.1 Å². The van der Waals surface area contributed by atoms with Crippen LogP contribution < -0.4 is 0 Å². The van der Waals surface area contributed by atoms with Gasteiger partial charge in [0.25, 0.3) is 5.91 Å². The van der Waals surface area contributed by atoms with Gasteiger partial charge in [0.1, 0.15) is 0 Å². The predicted molar refractivity (Wildman–Crippen MR) is 91.7 cm³/mol. The highest BCUT2D eigenvalue weighted by Gasteiger charge is 2.37. The third kappa shape index (κ3) is 3.77. The van der Waals surface area contributed by atoms with Crippen molar-refractivity contribution in [3.63, 3.8) is 0 Å². The molecule has 128 valence electrons. The highest BCUT2D eigenvalue weighted by atomic mass is 16.5. The van der Waals surface area contributed by atoms with Gasteiger partial charge in [-0.05, 0) is 50.0 Å². The van der Waals surface area contributed by atoms with Crippen LogP contribution in [0.5, 0.6) is 0 Å². The van der Waals surface area contributed by atoms with E-state index < -0.39 is 0 Å². The van der Waals surface area contributed by atoms with Gasteiger partial charge in [-0.2, -0.15) is 5.26 Å². The lowest BCUT2D eigenvalue weighted by molar-refractivity contribution is 0.0670. The first-order valence-electron chi connectivity index (χ1n) is 8.73. The van der Waals surface area contributed by atoms with Crippen molar-refractivity contribution >= 4 is 5.91 Å². The van der Waals surface area contributed by atoms with Crippen molar-refractivity contribution < 1.29 is 9.53 Å². The Bertz CT molecular complexity index is 619. The Balaban J connectivity index is 1.75. The van der Waals surface area contributed by atoms with Crippen LogP contribution in [0, 0.1) is 11.3 Å². The zero-order valence-electron chi connectivity index (χ0n) is 14.3. The zero-order chi connectivity index (χ0) is 16.9. The summed E-state index contributed by atoms with van der Waals surface area (Å²) < 4.78 is 5.53. The van der Waals surface area contributed by atoms with Gasteiger partial charge in [-0.1, -0.05) is 12.1 Å². The first-order valence-corrected chi connectivity index (χ1v) is 8.73. The molecule has 0 spiro atoms. The average molecular weight is 327 g/mol. The van der Waals surface area contributed by atoms with Crippen molar-refractivity contribution in [2.45, 2.75) is 37.8 Å². The molecule has 5 nitrogen and oxygen atoms in total. The molecule has 5 heteroatoms. The number of benzene rings is 1. The molecule has 1 aromatic carbocycles. The van der Waals surface area contributed by atoms with E-state index in [1.165, 1.54) is 12.8 Å². The zero-order valence-corrected chi connectivity index (χ0v) is 14.3. The Hall–Kier alpha value is -1.90. The van der Waals surface area contributed by atoms with Gasteiger partial charge in [-0.3, -0.25) is 4.79 Å². The number of ether oxygens (including phenoxy) is 1. The maximum absolute atomic E-state index is 13.0. The molecule has 2 aliphatic heterocycles. The van der Waals surface area contributed by atoms with Gasteiger partial charge in [0.15, 0.2) is 0 Å². The van der Waals surface area contributed by atoms with Gasteiger partial charge in [0.2, 0.25) is 0 Å². The summed E-state index contributed by atoms with van der Waals surface area (Å²) in [5.41, 5.74) is 1.56. The van der Waals surface area contributed by atoms with Crippen LogP contribution in [0.2, 0.25) is 0 Å². The van der Waals surface area contributed by atoms with E-state index in [4.69, 9.17) is 10.00 Å². The lowest BCUT2D eigenvalue weighted by Crippen LogP contribution is -2.42. The standard InChI is InChI=1S/C19H25N3O2/c1-24-18-12-17(13-21-9-2-3-10-21)22(14-18)19(23)16-6-4-5-15(11-16)7-8-20/h4-6,11,17-18H,2-3,7,9-10,12-14H2,1H3/t17-,18-/m0/s1. The Morgan fingerprint density at radius 2 is 2.17 bits per heavy atom. The normalized spacial score (nSPS) is 24.2. The third-order valence-electron chi connectivity index (χ3n) is 5.10. The Morgan fingerprint density at radius 1 is 1.38 bits per heavy atom. The highest BCUT2D eigenvalue weighted by Crippen LogP contribution is 2.25. The molecule has 3 rings (SSSR count). The molecule has 2 fully saturated rings. The van der Waals surface area contributed by atoms with E-state index >= 15 is 0 Å². The van der Waals surface area contributed by atoms with Crippen molar-refractivity contribution in [3.8, 4) is 6.07 Å². The maximum Gasteiger partial charge on any atom is 0.254 e. The molecule has 0 bridgehead atoms. The Morgan fingerprint density at radius 3 is 2.88 bits per heavy atom. The first-order chi connectivity index (χ1) is 11.7. The third-order valence-corrected chi connectivity index (χ3v) is 5.10. The van der Waals surface area contributed by atoms with Gasteiger partial charge in [0.05, 0.1) is 18.6 Å². The molecular weight excluding hydrogens is 302 g/mol. The molecule has 0 unspecified atom stereocenters. The molecule has 0 aromatic heterocycles. The van der Waals surface area contributed by atoms with Gasteiger partial charge in [-0.15, -0.1) is 0 Å². The summed E-state index contributed by atoms with van der Waals surface area (Å²) >= 11 is 0. The Labute approximate surface area is 143 Å². The highest BCUT2D eigenvalue weighted by molar-refractivity contribution is 5.94. The number of amides is 1. The first kappa shape index (κ1) is 16.9. The fourth-order valence-corrected chi connectivity index (χ4v) is 3.80. The maximum atomic E-state index is 13.0. The topological polar surface area (TPSA) is 56.6 Å². The number of rotatable bonds is 5. The number of likely N-dealkylation sites (tertiary alicyclic amines) is 2. The summed E-state index contributed by atoms with van der Waals surface area (Å²) in [4.78, 5) is 17.4. The van der Waals surface area contributed by atoms with Crippen molar-refractivity contribution in [1.82, 2.24) is 9.80 Å². The minimum absolute atomic E-state index is 0.0542. The summed E-state index contributed by atoms with van der Waals surface area (Å²) in [6.45, 7) is 3.85. The smallest absolute Gasteiger partial charge is 0.254 e. The van der Waals surface area contributed by atoms with Gasteiger partial charge < -0.3 is 14.5 Å². The lowest BCUT2D eigenvalue weighted by atomic mass is 10.1. The Kier molecular flexibility index (Phi) is 5.49. The van der Waals surface area contributed by atoms with Crippen LogP contribution in [0.1, 0.15) is 35.2 Å². The van der Waals surface area contributed by atoms with Gasteiger partial charge >= 0.3 is 0 Å². The molecule has 1 amide bonds. The SMILES string of the molecule is CO[C@H]1C[C@@H](CN2CCCC2)N(C(=O)c2cccc(CC#N)c2)C1. The fourth-order valence-electron chi connectivity index (χ4n) is 3.80. The van der Waals surface area contributed by atoms with Gasteiger partial charge in [0, 0.05) is 31.8 Å². The summed E-state index contributed by atoms with van der Waals surface area (Å²) in [6.07, 6.45) is 3.86. The largest absolute Gasteiger partial charge is 0.380 e. The molecule has 0 saturated carbocycles. The number of nitrogens with zero attached hydrogens (tertiary/aromatic N) is 3. The molecule has 2 heterocycles. The number of hydrogen-bond donors (Lipinski definition) is 0. The second kappa shape index (κ2) is 7.78. The molecular formula is C19H25N3O2. The minimum atomic E-state index is 0.0542. The quantitative estimate of drug-likeness (QED) is 0.831. The molecule has 2 saturated heterocycles. The number of methoxy groups -OCH3 is 1. The molecule has 0 N–H and O–H groups in total. The number of carbonyl (C=O) groups is 1. The van der Waals surface area contributed by atoms with Crippen LogP contribution in [0.15, 0.2) is 24.3 Å². The monoisotopic (exact) mass is 327 g/mol. The van der Waals surface area contributed by atoms with Gasteiger partial charge in [-0.25, -0.2) is 0 Å². The van der Waals surface area contributed by atoms with E-state index in [1.807, 2.05) is 29.2 Å². The fraction of sp³-hybridized carbons (Fsp3) is 0.579. The van der Waals surface area contributed by atoms with Crippen LogP contribution >= 0.6 is 0 Å². The molecule has 24 heavy (non-hydrogen) atoms. The number of carbonyl (C=O) groups excluding carboxylic acids is 1. The van der Waals surface area contributed by atoms with Crippen molar-refractivity contribution in [2.75, 3.05) is 33.3 Å².